The molecule has 0 heterocycles. The number of rotatable bonds is 7. The number of ketones is 1. The first kappa shape index (κ1) is 19.7. The Morgan fingerprint density at radius 3 is 2.37 bits per heavy atom. The number of halogens is 1. The minimum Gasteiger partial charge on any atom is -0.497 e. The second kappa shape index (κ2) is 9.15. The second-order valence-electron chi connectivity index (χ2n) is 5.29. The number of hydrogen-bond donors (Lipinski definition) is 0. The van der Waals surface area contributed by atoms with Crippen LogP contribution in [0.4, 0.5) is 4.39 Å². The largest absolute Gasteiger partial charge is 0.497 e. The van der Waals surface area contributed by atoms with Gasteiger partial charge in [0.1, 0.15) is 17.4 Å². The number of Topliss-reactive ketones (excluding diaryl/α,β-unsaturated/α-hetero) is 1. The molecule has 0 aliphatic rings. The van der Waals surface area contributed by atoms with E-state index >= 15 is 0 Å². The van der Waals surface area contributed by atoms with Crippen molar-refractivity contribution >= 4 is 17.8 Å². The molecule has 0 saturated heterocycles. The van der Waals surface area contributed by atoms with Crippen molar-refractivity contribution in [3.05, 3.63) is 65.0 Å². The van der Waals surface area contributed by atoms with Crippen molar-refractivity contribution in [3.63, 3.8) is 0 Å². The number of hydrogen-bond acceptors (Lipinski definition) is 6. The SMILES string of the molecule is COc1ccc(/C=C(\C#N)C(=O)OCC(=O)c2ccc(OC)c(F)c2)cc1. The number of methoxy groups -OCH3 is 2. The summed E-state index contributed by atoms with van der Waals surface area (Å²) in [6.07, 6.45) is 1.33. The molecule has 0 bridgehead atoms. The summed E-state index contributed by atoms with van der Waals surface area (Å²) in [7, 11) is 2.83. The van der Waals surface area contributed by atoms with Gasteiger partial charge in [0.25, 0.3) is 0 Å². The fourth-order valence-electron chi connectivity index (χ4n) is 2.14. The number of carbonyl (C=O) groups excluding carboxylic acids is 2. The Morgan fingerprint density at radius 1 is 1.11 bits per heavy atom. The van der Waals surface area contributed by atoms with Gasteiger partial charge >= 0.3 is 5.97 Å². The number of nitrogens with zero attached hydrogens (tertiary/aromatic N) is 1. The summed E-state index contributed by atoms with van der Waals surface area (Å²) >= 11 is 0. The van der Waals surface area contributed by atoms with Crippen LogP contribution in [0.15, 0.2) is 48.0 Å². The second-order valence-corrected chi connectivity index (χ2v) is 5.29. The van der Waals surface area contributed by atoms with Crippen molar-refractivity contribution in [1.82, 2.24) is 0 Å². The molecule has 0 aromatic heterocycles. The van der Waals surface area contributed by atoms with E-state index in [1.165, 1.54) is 32.4 Å². The lowest BCUT2D eigenvalue weighted by Gasteiger charge is -2.06. The molecule has 0 aliphatic heterocycles. The van der Waals surface area contributed by atoms with Crippen LogP contribution < -0.4 is 9.47 Å². The summed E-state index contributed by atoms with van der Waals surface area (Å²) in [6, 6.07) is 12.1. The van der Waals surface area contributed by atoms with Crippen LogP contribution in [0.2, 0.25) is 0 Å². The van der Waals surface area contributed by atoms with Crippen molar-refractivity contribution < 1.29 is 28.2 Å². The molecule has 0 spiro atoms. The molecule has 0 atom stereocenters. The van der Waals surface area contributed by atoms with E-state index in [1.54, 1.807) is 30.3 Å². The van der Waals surface area contributed by atoms with E-state index in [0.717, 1.165) is 6.07 Å². The topological polar surface area (TPSA) is 85.6 Å². The van der Waals surface area contributed by atoms with Crippen LogP contribution in [0.25, 0.3) is 6.08 Å². The van der Waals surface area contributed by atoms with Crippen LogP contribution in [0, 0.1) is 17.1 Å². The molecule has 0 N–H and O–H groups in total. The van der Waals surface area contributed by atoms with Crippen molar-refractivity contribution in [3.8, 4) is 17.6 Å². The fourth-order valence-corrected chi connectivity index (χ4v) is 2.14. The van der Waals surface area contributed by atoms with Gasteiger partial charge in [-0.15, -0.1) is 0 Å². The average Bonchev–Trinajstić information content (AvgIpc) is 2.70. The normalized spacial score (nSPS) is 10.7. The maximum Gasteiger partial charge on any atom is 0.349 e. The lowest BCUT2D eigenvalue weighted by atomic mass is 10.1. The van der Waals surface area contributed by atoms with Crippen LogP contribution in [-0.2, 0) is 9.53 Å². The van der Waals surface area contributed by atoms with Crippen LogP contribution in [0.1, 0.15) is 15.9 Å². The molecule has 0 radical (unpaired) electrons. The monoisotopic (exact) mass is 369 g/mol. The zero-order valence-corrected chi connectivity index (χ0v) is 14.7. The predicted molar refractivity (Wildman–Crippen MR) is 94.8 cm³/mol. The maximum atomic E-state index is 13.6. The molecular formula is C20H16FNO5. The van der Waals surface area contributed by atoms with Gasteiger partial charge in [-0.05, 0) is 42.0 Å². The molecule has 0 unspecified atom stereocenters. The highest BCUT2D eigenvalue weighted by atomic mass is 19.1. The van der Waals surface area contributed by atoms with Crippen molar-refractivity contribution in [2.75, 3.05) is 20.8 Å². The molecule has 0 amide bonds. The number of carbonyl (C=O) groups is 2. The summed E-state index contributed by atoms with van der Waals surface area (Å²) in [5, 5.41) is 9.14. The minimum atomic E-state index is -0.948. The highest BCUT2D eigenvalue weighted by Crippen LogP contribution is 2.18. The Hall–Kier alpha value is -3.66. The lowest BCUT2D eigenvalue weighted by Crippen LogP contribution is -2.15. The molecule has 2 aromatic carbocycles. The van der Waals surface area contributed by atoms with Crippen LogP contribution in [0.3, 0.4) is 0 Å². The Labute approximate surface area is 155 Å². The molecule has 6 nitrogen and oxygen atoms in total. The molecule has 27 heavy (non-hydrogen) atoms. The Morgan fingerprint density at radius 2 is 1.81 bits per heavy atom. The van der Waals surface area contributed by atoms with Gasteiger partial charge in [0.15, 0.2) is 24.0 Å². The molecule has 2 aromatic rings. The van der Waals surface area contributed by atoms with Gasteiger partial charge in [0, 0.05) is 5.56 Å². The molecule has 2 rings (SSSR count). The molecule has 7 heteroatoms. The van der Waals surface area contributed by atoms with E-state index in [-0.39, 0.29) is 16.9 Å². The molecule has 0 saturated carbocycles. The smallest absolute Gasteiger partial charge is 0.349 e. The summed E-state index contributed by atoms with van der Waals surface area (Å²) in [4.78, 5) is 24.1. The van der Waals surface area contributed by atoms with Crippen molar-refractivity contribution in [2.24, 2.45) is 0 Å². The summed E-state index contributed by atoms with van der Waals surface area (Å²) in [6.45, 7) is -0.619. The maximum absolute atomic E-state index is 13.6. The van der Waals surface area contributed by atoms with Crippen LogP contribution in [0.5, 0.6) is 11.5 Å². The van der Waals surface area contributed by atoms with Crippen LogP contribution >= 0.6 is 0 Å². The molecule has 0 aliphatic carbocycles. The van der Waals surface area contributed by atoms with E-state index < -0.39 is 24.2 Å². The van der Waals surface area contributed by atoms with Crippen molar-refractivity contribution in [1.29, 1.82) is 5.26 Å². The Kier molecular flexibility index (Phi) is 6.67. The first-order valence-electron chi connectivity index (χ1n) is 7.78. The van der Waals surface area contributed by atoms with Crippen molar-refractivity contribution in [2.45, 2.75) is 0 Å². The Balaban J connectivity index is 2.04. The molecule has 138 valence electrons. The van der Waals surface area contributed by atoms with E-state index in [4.69, 9.17) is 19.5 Å². The highest BCUT2D eigenvalue weighted by Gasteiger charge is 2.15. The van der Waals surface area contributed by atoms with Gasteiger partial charge in [0.2, 0.25) is 0 Å². The third-order valence-corrected chi connectivity index (χ3v) is 3.58. The standard InChI is InChI=1S/C20H16FNO5/c1-25-16-6-3-13(4-7-16)9-15(11-22)20(24)27-12-18(23)14-5-8-19(26-2)17(21)10-14/h3-10H,12H2,1-2H3/b15-9+. The van der Waals surface area contributed by atoms with Gasteiger partial charge in [-0.3, -0.25) is 4.79 Å². The number of benzene rings is 2. The first-order chi connectivity index (χ1) is 13.0. The summed E-state index contributed by atoms with van der Waals surface area (Å²) < 4.78 is 28.3. The number of esters is 1. The Bertz CT molecular complexity index is 913. The number of ether oxygens (including phenoxy) is 3. The fraction of sp³-hybridized carbons (Fsp3) is 0.150. The van der Waals surface area contributed by atoms with Gasteiger partial charge in [-0.25, -0.2) is 9.18 Å². The number of nitriles is 1. The van der Waals surface area contributed by atoms with Gasteiger partial charge in [0.05, 0.1) is 14.2 Å². The highest BCUT2D eigenvalue weighted by molar-refractivity contribution is 6.01. The van der Waals surface area contributed by atoms with E-state index in [1.807, 2.05) is 0 Å². The summed E-state index contributed by atoms with van der Waals surface area (Å²) in [5.41, 5.74) is 0.348. The van der Waals surface area contributed by atoms with E-state index in [0.29, 0.717) is 11.3 Å². The van der Waals surface area contributed by atoms with E-state index in [2.05, 4.69) is 0 Å². The van der Waals surface area contributed by atoms with E-state index in [9.17, 15) is 14.0 Å². The quantitative estimate of drug-likeness (QED) is 0.322. The third kappa shape index (κ3) is 5.16. The lowest BCUT2D eigenvalue weighted by molar-refractivity contribution is -0.137. The minimum absolute atomic E-state index is 0.00210. The molecule has 0 fully saturated rings. The average molecular weight is 369 g/mol. The molecular weight excluding hydrogens is 353 g/mol. The predicted octanol–water partition coefficient (Wildman–Crippen LogP) is 3.18. The van der Waals surface area contributed by atoms with Gasteiger partial charge in [-0.1, -0.05) is 12.1 Å². The summed E-state index contributed by atoms with van der Waals surface area (Å²) in [5.74, 6) is -1.63. The zero-order chi connectivity index (χ0) is 19.8. The first-order valence-corrected chi connectivity index (χ1v) is 7.78. The van der Waals surface area contributed by atoms with Crippen LogP contribution in [-0.4, -0.2) is 32.6 Å². The van der Waals surface area contributed by atoms with Gasteiger partial charge < -0.3 is 14.2 Å². The third-order valence-electron chi connectivity index (χ3n) is 3.58. The van der Waals surface area contributed by atoms with Gasteiger partial charge in [-0.2, -0.15) is 5.26 Å². The zero-order valence-electron chi connectivity index (χ0n) is 14.7.